The van der Waals surface area contributed by atoms with Crippen LogP contribution in [0.3, 0.4) is 0 Å². The Morgan fingerprint density at radius 1 is 0.600 bits per heavy atom. The third kappa shape index (κ3) is 2.60. The minimum Gasteiger partial charge on any atom is -0.0683 e. The Kier molecular flexibility index (Phi) is 4.57. The molecule has 0 aliphatic heterocycles. The predicted molar refractivity (Wildman–Crippen MR) is 90.2 cm³/mol. The van der Waals surface area contributed by atoms with Gasteiger partial charge in [-0.15, -0.1) is 0 Å². The minimum absolute atomic E-state index is 1.31. The maximum atomic E-state index is 2.24. The first kappa shape index (κ1) is 14.3. The van der Waals surface area contributed by atoms with Crippen LogP contribution in [0.15, 0.2) is 60.7 Å². The lowest BCUT2D eigenvalue weighted by atomic mass is 9.93. The van der Waals surface area contributed by atoms with E-state index in [9.17, 15) is 0 Å². The van der Waals surface area contributed by atoms with Gasteiger partial charge in [0.25, 0.3) is 0 Å². The molecule has 0 unspecified atom stereocenters. The highest BCUT2D eigenvalue weighted by molar-refractivity contribution is 5.91. The van der Waals surface area contributed by atoms with E-state index >= 15 is 0 Å². The van der Waals surface area contributed by atoms with Crippen LogP contribution in [0.4, 0.5) is 0 Å². The zero-order valence-corrected chi connectivity index (χ0v) is 12.8. The van der Waals surface area contributed by atoms with Crippen molar-refractivity contribution in [2.45, 2.75) is 27.7 Å². The van der Waals surface area contributed by atoms with Gasteiger partial charge in [-0.2, -0.15) is 0 Å². The number of benzene rings is 3. The molecule has 0 radical (unpaired) electrons. The molecule has 0 aliphatic carbocycles. The van der Waals surface area contributed by atoms with Crippen LogP contribution in [-0.2, 0) is 0 Å². The van der Waals surface area contributed by atoms with Crippen molar-refractivity contribution in [1.29, 1.82) is 0 Å². The molecule has 3 aromatic rings. The molecule has 0 aromatic heterocycles. The summed E-state index contributed by atoms with van der Waals surface area (Å²) in [6.45, 7) is 8.38. The van der Waals surface area contributed by atoms with Crippen molar-refractivity contribution in [1.82, 2.24) is 0 Å². The molecule has 0 N–H and O–H groups in total. The number of hydrogen-bond acceptors (Lipinski definition) is 0. The standard InChI is InChI=1S/C18H16.C2H6/c1-13-7-3-5-9-16(13)18-12-11-15-8-4-6-10-17(15)14(18)2;1-2/h3-12H,1-2H3;1-2H3. The molecule has 0 amide bonds. The summed E-state index contributed by atoms with van der Waals surface area (Å²) in [6.07, 6.45) is 0. The third-order valence-corrected chi connectivity index (χ3v) is 3.63. The molecule has 0 saturated heterocycles. The van der Waals surface area contributed by atoms with Gasteiger partial charge in [0.15, 0.2) is 0 Å². The van der Waals surface area contributed by atoms with Crippen LogP contribution in [-0.4, -0.2) is 0 Å². The van der Waals surface area contributed by atoms with Gasteiger partial charge in [0.05, 0.1) is 0 Å². The molecule has 3 aromatic carbocycles. The Balaban J connectivity index is 0.000000704. The summed E-state index contributed by atoms with van der Waals surface area (Å²) in [4.78, 5) is 0. The largest absolute Gasteiger partial charge is 0.0683 e. The maximum absolute atomic E-state index is 2.24. The van der Waals surface area contributed by atoms with Crippen LogP contribution in [0, 0.1) is 13.8 Å². The Bertz CT molecular complexity index is 708. The summed E-state index contributed by atoms with van der Waals surface area (Å²) in [5.74, 6) is 0. The number of aryl methyl sites for hydroxylation is 2. The predicted octanol–water partition coefficient (Wildman–Crippen LogP) is 6.15. The van der Waals surface area contributed by atoms with E-state index in [0.717, 1.165) is 0 Å². The van der Waals surface area contributed by atoms with Crippen molar-refractivity contribution < 1.29 is 0 Å². The molecule has 102 valence electrons. The van der Waals surface area contributed by atoms with E-state index in [0.29, 0.717) is 0 Å². The van der Waals surface area contributed by atoms with Gasteiger partial charge in [-0.3, -0.25) is 0 Å². The Hall–Kier alpha value is -2.08. The Morgan fingerprint density at radius 2 is 1.25 bits per heavy atom. The fraction of sp³-hybridized carbons (Fsp3) is 0.200. The second-order valence-corrected chi connectivity index (χ2v) is 4.77. The van der Waals surface area contributed by atoms with E-state index in [4.69, 9.17) is 0 Å². The van der Waals surface area contributed by atoms with Gasteiger partial charge in [-0.05, 0) is 46.9 Å². The molecule has 0 aliphatic rings. The number of hydrogen-bond donors (Lipinski definition) is 0. The summed E-state index contributed by atoms with van der Waals surface area (Å²) < 4.78 is 0. The zero-order chi connectivity index (χ0) is 14.5. The molecular weight excluding hydrogens is 240 g/mol. The zero-order valence-electron chi connectivity index (χ0n) is 12.8. The first-order chi connectivity index (χ1) is 9.77. The Labute approximate surface area is 122 Å². The van der Waals surface area contributed by atoms with Crippen molar-refractivity contribution in [3.8, 4) is 11.1 Å². The van der Waals surface area contributed by atoms with E-state index in [-0.39, 0.29) is 0 Å². The fourth-order valence-corrected chi connectivity index (χ4v) is 2.59. The van der Waals surface area contributed by atoms with Crippen LogP contribution in [0.5, 0.6) is 0 Å². The molecule has 3 rings (SSSR count). The van der Waals surface area contributed by atoms with Gasteiger partial charge < -0.3 is 0 Å². The first-order valence-electron chi connectivity index (χ1n) is 7.32. The van der Waals surface area contributed by atoms with Gasteiger partial charge in [-0.25, -0.2) is 0 Å². The summed E-state index contributed by atoms with van der Waals surface area (Å²) in [6, 6.07) is 21.6. The van der Waals surface area contributed by atoms with E-state index in [1.165, 1.54) is 33.0 Å². The maximum Gasteiger partial charge on any atom is -0.0146 e. The molecule has 0 nitrogen and oxygen atoms in total. The monoisotopic (exact) mass is 262 g/mol. The quantitative estimate of drug-likeness (QED) is 0.493. The topological polar surface area (TPSA) is 0 Å². The van der Waals surface area contributed by atoms with Crippen molar-refractivity contribution in [3.05, 3.63) is 71.8 Å². The van der Waals surface area contributed by atoms with Crippen molar-refractivity contribution in [2.24, 2.45) is 0 Å². The van der Waals surface area contributed by atoms with Gasteiger partial charge in [0.2, 0.25) is 0 Å². The highest BCUT2D eigenvalue weighted by atomic mass is 14.1. The molecule has 0 bridgehead atoms. The molecule has 0 heterocycles. The summed E-state index contributed by atoms with van der Waals surface area (Å²) in [7, 11) is 0. The van der Waals surface area contributed by atoms with Crippen LogP contribution in [0.2, 0.25) is 0 Å². The van der Waals surface area contributed by atoms with Gasteiger partial charge >= 0.3 is 0 Å². The molecule has 0 spiro atoms. The van der Waals surface area contributed by atoms with Crippen molar-refractivity contribution in [2.75, 3.05) is 0 Å². The fourth-order valence-electron chi connectivity index (χ4n) is 2.59. The highest BCUT2D eigenvalue weighted by Crippen LogP contribution is 2.31. The van der Waals surface area contributed by atoms with E-state index < -0.39 is 0 Å². The normalized spacial score (nSPS) is 10.0. The van der Waals surface area contributed by atoms with Crippen molar-refractivity contribution in [3.63, 3.8) is 0 Å². The molecular formula is C20H22. The lowest BCUT2D eigenvalue weighted by molar-refractivity contribution is 1.43. The third-order valence-electron chi connectivity index (χ3n) is 3.63. The molecule has 0 heteroatoms. The SMILES string of the molecule is CC.Cc1ccccc1-c1ccc2ccccc2c1C. The van der Waals surface area contributed by atoms with Crippen LogP contribution in [0.25, 0.3) is 21.9 Å². The smallest absolute Gasteiger partial charge is 0.0146 e. The van der Waals surface area contributed by atoms with Crippen LogP contribution < -0.4 is 0 Å². The van der Waals surface area contributed by atoms with Crippen molar-refractivity contribution >= 4 is 10.8 Å². The first-order valence-corrected chi connectivity index (χ1v) is 7.32. The van der Waals surface area contributed by atoms with Gasteiger partial charge in [0, 0.05) is 0 Å². The van der Waals surface area contributed by atoms with Gasteiger partial charge in [-0.1, -0.05) is 74.5 Å². The lowest BCUT2D eigenvalue weighted by Crippen LogP contribution is -1.88. The second-order valence-electron chi connectivity index (χ2n) is 4.77. The van der Waals surface area contributed by atoms with Gasteiger partial charge in [0.1, 0.15) is 0 Å². The lowest BCUT2D eigenvalue weighted by Gasteiger charge is -2.11. The van der Waals surface area contributed by atoms with E-state index in [2.05, 4.69) is 74.5 Å². The minimum atomic E-state index is 1.31. The average molecular weight is 262 g/mol. The number of fused-ring (bicyclic) bond motifs is 1. The molecule has 20 heavy (non-hydrogen) atoms. The number of rotatable bonds is 1. The van der Waals surface area contributed by atoms with E-state index in [1.807, 2.05) is 13.8 Å². The van der Waals surface area contributed by atoms with E-state index in [1.54, 1.807) is 0 Å². The molecule has 0 fully saturated rings. The molecule has 0 atom stereocenters. The molecule has 0 saturated carbocycles. The second kappa shape index (κ2) is 6.38. The Morgan fingerprint density at radius 3 is 2.00 bits per heavy atom. The van der Waals surface area contributed by atoms with Crippen LogP contribution >= 0.6 is 0 Å². The summed E-state index contributed by atoms with van der Waals surface area (Å²) >= 11 is 0. The summed E-state index contributed by atoms with van der Waals surface area (Å²) in [5, 5.41) is 2.66. The average Bonchev–Trinajstić information content (AvgIpc) is 2.51. The van der Waals surface area contributed by atoms with Crippen LogP contribution in [0.1, 0.15) is 25.0 Å². The highest BCUT2D eigenvalue weighted by Gasteiger charge is 2.06. The summed E-state index contributed by atoms with van der Waals surface area (Å²) in [5.41, 5.74) is 5.37.